The van der Waals surface area contributed by atoms with E-state index in [0.717, 1.165) is 107 Å². The Hall–Kier alpha value is -1.60. The van der Waals surface area contributed by atoms with Crippen molar-refractivity contribution in [3.05, 3.63) is 29.3 Å². The molecule has 5 aliphatic rings. The fraction of sp³-hybridized carbons (Fsp3) is 0.829. The van der Waals surface area contributed by atoms with Crippen LogP contribution in [-0.4, -0.2) is 98.0 Å². The second kappa shape index (κ2) is 19.8. The Kier molecular flexibility index (Phi) is 15.8. The largest absolute Gasteiger partial charge is 0.435 e. The van der Waals surface area contributed by atoms with Gasteiger partial charge in [-0.1, -0.05) is 47.4 Å². The number of hydrogen-bond donors (Lipinski definition) is 0. The van der Waals surface area contributed by atoms with Gasteiger partial charge in [-0.2, -0.15) is 39.5 Å². The summed E-state index contributed by atoms with van der Waals surface area (Å²) in [6.45, 7) is 2.39. The lowest BCUT2D eigenvalue weighted by atomic mass is 9.55. The molecule has 2 heterocycles. The number of rotatable bonds is 16. The maximum atomic E-state index is 13.7. The Bertz CT molecular complexity index is 1490. The minimum Gasteiger partial charge on any atom is -0.410 e. The first kappa shape index (κ1) is 46.9. The van der Waals surface area contributed by atoms with Gasteiger partial charge < -0.3 is 28.6 Å². The van der Waals surface area contributed by atoms with Crippen molar-refractivity contribution >= 4 is 27.7 Å². The first-order valence-corrected chi connectivity index (χ1v) is 23.5. The molecule has 0 spiro atoms. The summed E-state index contributed by atoms with van der Waals surface area (Å²) in [6, 6.07) is 6.05. The molecule has 2 saturated heterocycles. The van der Waals surface area contributed by atoms with E-state index < -0.39 is 37.2 Å². The number of halogens is 9. The first-order valence-electron chi connectivity index (χ1n) is 21.0. The molecule has 0 aromatic heterocycles. The lowest BCUT2D eigenvalue weighted by molar-refractivity contribution is -0.457. The summed E-state index contributed by atoms with van der Waals surface area (Å²) < 4.78 is 146. The van der Waals surface area contributed by atoms with Crippen molar-refractivity contribution in [2.24, 2.45) is 17.3 Å². The summed E-state index contributed by atoms with van der Waals surface area (Å²) >= 11 is 0. The zero-order chi connectivity index (χ0) is 42.5. The molecule has 4 fully saturated rings. The molecule has 2 unspecified atom stereocenters. The lowest BCUT2D eigenvalue weighted by Crippen LogP contribution is -2.67. The number of carbonyl (C=O) groups excluding carboxylic acids is 1. The van der Waals surface area contributed by atoms with Crippen molar-refractivity contribution in [3.63, 3.8) is 0 Å². The number of amides is 1. The lowest BCUT2D eigenvalue weighted by Gasteiger charge is -2.50. The van der Waals surface area contributed by atoms with Crippen molar-refractivity contribution in [3.8, 4) is 5.75 Å². The number of nitrogens with zero attached hydrogens (tertiary/aromatic N) is 1. The average molecular weight is 894 g/mol. The highest BCUT2D eigenvalue weighted by atomic mass is 33.1. The smallest absolute Gasteiger partial charge is 0.410 e. The van der Waals surface area contributed by atoms with Gasteiger partial charge in [0.2, 0.25) is 0 Å². The molecule has 7 nitrogen and oxygen atoms in total. The van der Waals surface area contributed by atoms with Crippen LogP contribution in [0.5, 0.6) is 5.75 Å². The number of benzene rings is 1. The Morgan fingerprint density at radius 2 is 1.58 bits per heavy atom. The second-order valence-electron chi connectivity index (χ2n) is 16.8. The monoisotopic (exact) mass is 893 g/mol. The van der Waals surface area contributed by atoms with Gasteiger partial charge >= 0.3 is 30.2 Å². The molecule has 0 bridgehead atoms. The average Bonchev–Trinajstić information content (AvgIpc) is 3.52. The molecular formula is C41H56F9NO6S2. The van der Waals surface area contributed by atoms with Crippen molar-refractivity contribution in [1.29, 1.82) is 0 Å². The number of unbranched alkanes of at least 4 members (excludes halogenated alkanes) is 3. The van der Waals surface area contributed by atoms with Gasteiger partial charge in [-0.25, -0.2) is 4.79 Å². The van der Waals surface area contributed by atoms with E-state index >= 15 is 0 Å². The zero-order valence-electron chi connectivity index (χ0n) is 33.4. The fourth-order valence-corrected chi connectivity index (χ4v) is 12.6. The molecule has 3 aliphatic carbocycles. The van der Waals surface area contributed by atoms with E-state index in [1.54, 1.807) is 10.8 Å². The molecule has 59 heavy (non-hydrogen) atoms. The third kappa shape index (κ3) is 10.6. The predicted molar refractivity (Wildman–Crippen MR) is 206 cm³/mol. The van der Waals surface area contributed by atoms with Gasteiger partial charge in [0.05, 0.1) is 12.7 Å². The summed E-state index contributed by atoms with van der Waals surface area (Å²) in [5.41, 5.74) is -4.21. The van der Waals surface area contributed by atoms with E-state index in [1.165, 1.54) is 5.56 Å². The Morgan fingerprint density at radius 3 is 2.27 bits per heavy atom. The standard InChI is InChI=1S/C41H56F9NO6S2/c1-37-18-16-31-30-13-11-29(57-36(52)51(28-17-24-58-59-26-28)19-5-2-3-6-20-54-35-9-4-7-21-55-35)25-27(30)10-12-32(31)33(37)14-15-34(37)53-22-8-23-56-38(39(42,43)44,40(45,46)47)41(48,49)50/h11,13,25,28,31-35H,2-10,12,14-24,26H2,1H3/t28?,31-,32-,33+,34+,35?,37+/m1/s1. The molecule has 2 saturated carbocycles. The van der Waals surface area contributed by atoms with Crippen LogP contribution < -0.4 is 4.74 Å². The molecule has 336 valence electrons. The van der Waals surface area contributed by atoms with Gasteiger partial charge in [0.1, 0.15) is 5.75 Å². The van der Waals surface area contributed by atoms with Crippen LogP contribution in [0.3, 0.4) is 0 Å². The van der Waals surface area contributed by atoms with E-state index in [0.29, 0.717) is 31.2 Å². The summed E-state index contributed by atoms with van der Waals surface area (Å²) in [5.74, 6) is 3.19. The maximum absolute atomic E-state index is 13.7. The number of aryl methyl sites for hydroxylation is 1. The maximum Gasteiger partial charge on any atom is 0.435 e. The third-order valence-corrected chi connectivity index (χ3v) is 15.7. The van der Waals surface area contributed by atoms with Crippen LogP contribution in [0, 0.1) is 17.3 Å². The number of hydrogen-bond acceptors (Lipinski definition) is 8. The van der Waals surface area contributed by atoms with E-state index in [9.17, 15) is 44.3 Å². The van der Waals surface area contributed by atoms with Crippen molar-refractivity contribution < 1.29 is 68.0 Å². The Balaban J connectivity index is 0.992. The van der Waals surface area contributed by atoms with Crippen LogP contribution in [0.4, 0.5) is 44.3 Å². The fourth-order valence-electron chi connectivity index (χ4n) is 10.2. The number of alkyl halides is 9. The molecule has 0 N–H and O–H groups in total. The highest BCUT2D eigenvalue weighted by Gasteiger charge is 2.85. The van der Waals surface area contributed by atoms with E-state index in [4.69, 9.17) is 18.9 Å². The molecule has 1 aromatic carbocycles. The van der Waals surface area contributed by atoms with Crippen molar-refractivity contribution in [2.45, 2.75) is 152 Å². The summed E-state index contributed by atoms with van der Waals surface area (Å²) in [7, 11) is 3.61. The van der Waals surface area contributed by atoms with Crippen LogP contribution in [0.2, 0.25) is 0 Å². The topological polar surface area (TPSA) is 66.5 Å². The minimum atomic E-state index is -6.75. The number of carbonyl (C=O) groups is 1. The van der Waals surface area contributed by atoms with Gasteiger partial charge in [-0.15, -0.1) is 0 Å². The summed E-state index contributed by atoms with van der Waals surface area (Å²) in [4.78, 5) is 15.6. The van der Waals surface area contributed by atoms with E-state index in [-0.39, 0.29) is 48.4 Å². The highest BCUT2D eigenvalue weighted by Crippen LogP contribution is 2.62. The molecule has 6 rings (SSSR count). The van der Waals surface area contributed by atoms with Crippen molar-refractivity contribution in [2.75, 3.05) is 44.5 Å². The van der Waals surface area contributed by atoms with Gasteiger partial charge in [0, 0.05) is 43.9 Å². The van der Waals surface area contributed by atoms with Gasteiger partial charge in [-0.3, -0.25) is 0 Å². The first-order chi connectivity index (χ1) is 28.0. The zero-order valence-corrected chi connectivity index (χ0v) is 35.0. The number of ether oxygens (including phenoxy) is 5. The van der Waals surface area contributed by atoms with Gasteiger partial charge in [0.15, 0.2) is 6.29 Å². The Labute approximate surface area is 348 Å². The summed E-state index contributed by atoms with van der Waals surface area (Å²) in [6.07, 6.45) is -8.92. The predicted octanol–water partition coefficient (Wildman–Crippen LogP) is 11.8. The third-order valence-electron chi connectivity index (χ3n) is 13.2. The molecule has 18 heteroatoms. The summed E-state index contributed by atoms with van der Waals surface area (Å²) in [5, 5.41) is 0. The van der Waals surface area contributed by atoms with E-state index in [1.807, 2.05) is 27.8 Å². The van der Waals surface area contributed by atoms with Gasteiger partial charge in [0.25, 0.3) is 0 Å². The normalized spacial score (nSPS) is 29.1. The second-order valence-corrected chi connectivity index (χ2v) is 19.5. The molecular weight excluding hydrogens is 838 g/mol. The SMILES string of the molecule is C[C@]12CC[C@@H]3c4ccc(OC(=O)N(CCCCCCOC5CCCCO5)C5CCSSC5)cc4CC[C@H]3[C@@H]1CC[C@@H]2OCCCOC(C(F)(F)F)(C(F)(F)F)C(F)(F)F. The van der Waals surface area contributed by atoms with Crippen LogP contribution >= 0.6 is 21.6 Å². The minimum absolute atomic E-state index is 0.0790. The van der Waals surface area contributed by atoms with Crippen LogP contribution in [0.15, 0.2) is 18.2 Å². The quantitative estimate of drug-likeness (QED) is 0.0924. The molecule has 1 aromatic rings. The Morgan fingerprint density at radius 1 is 0.831 bits per heavy atom. The van der Waals surface area contributed by atoms with Crippen molar-refractivity contribution in [1.82, 2.24) is 4.90 Å². The van der Waals surface area contributed by atoms with Crippen LogP contribution in [0.25, 0.3) is 0 Å². The van der Waals surface area contributed by atoms with Gasteiger partial charge in [-0.05, 0) is 130 Å². The highest BCUT2D eigenvalue weighted by molar-refractivity contribution is 8.76. The number of fused-ring (bicyclic) bond motifs is 5. The molecule has 1 amide bonds. The van der Waals surface area contributed by atoms with E-state index in [2.05, 4.69) is 17.7 Å². The van der Waals surface area contributed by atoms with Crippen LogP contribution in [0.1, 0.15) is 114 Å². The van der Waals surface area contributed by atoms with Crippen LogP contribution in [-0.2, 0) is 25.4 Å². The molecule has 7 atom stereocenters. The molecule has 0 radical (unpaired) electrons. The molecule has 2 aliphatic heterocycles.